The molecule has 52 heavy (non-hydrogen) atoms. The molecule has 11 atom stereocenters. The fraction of sp³-hybridized carbons (Fsp3) is 0.571. The van der Waals surface area contributed by atoms with E-state index in [9.17, 15) is 57.8 Å². The van der Waals surface area contributed by atoms with E-state index >= 15 is 0 Å². The van der Waals surface area contributed by atoms with E-state index in [1.807, 2.05) is 0 Å². The maximum Gasteiger partial charge on any atom is 0.475 e. The smallest absolute Gasteiger partial charge is 0.465 e. The van der Waals surface area contributed by atoms with E-state index in [2.05, 4.69) is 15.0 Å². The summed E-state index contributed by atoms with van der Waals surface area (Å²) in [5.74, 6) is -5.62. The first-order valence-corrected chi connectivity index (χ1v) is 18.2. The molecular weight excluding hydrogens is 743 g/mol. The van der Waals surface area contributed by atoms with Gasteiger partial charge in [-0.15, -0.1) is 0 Å². The zero-order valence-electron chi connectivity index (χ0n) is 27.7. The fourth-order valence-electron chi connectivity index (χ4n) is 5.39. The monoisotopic (exact) mass is 782 g/mol. The number of rotatable bonds is 14. The largest absolute Gasteiger partial charge is 0.475 e. The zero-order chi connectivity index (χ0) is 38.8. The number of nitrogens with two attached hydrogens (primary N) is 1. The SMILES string of the molecule is COC(=O)[C@]1(OP(=O)(O)OCC2OC(n3ccc(N)nc3=O)[C@H](O)[C@@H]2O)C[C@@H](O)[C@@H](NC(C)=O)C([C@H](O)[C@H](O)COS(=O)(=O)c2ccc(C)cc2)O1. The number of hydrogen-bond donors (Lipinski definition) is 8. The van der Waals surface area contributed by atoms with Gasteiger partial charge in [0, 0.05) is 19.5 Å². The van der Waals surface area contributed by atoms with Crippen LogP contribution in [0.25, 0.3) is 0 Å². The average Bonchev–Trinajstić information content (AvgIpc) is 3.35. The van der Waals surface area contributed by atoms with Gasteiger partial charge in [0.1, 0.15) is 42.4 Å². The first kappa shape index (κ1) is 41.3. The third-order valence-corrected chi connectivity index (χ3v) is 10.3. The van der Waals surface area contributed by atoms with Gasteiger partial charge in [0.2, 0.25) is 5.91 Å². The highest BCUT2D eigenvalue weighted by molar-refractivity contribution is 7.86. The number of methoxy groups -OCH3 is 1. The van der Waals surface area contributed by atoms with Crippen LogP contribution in [0, 0.1) is 6.92 Å². The lowest BCUT2D eigenvalue weighted by Crippen LogP contribution is -2.67. The third kappa shape index (κ3) is 9.38. The van der Waals surface area contributed by atoms with Crippen LogP contribution in [0.2, 0.25) is 0 Å². The number of ether oxygens (including phenoxy) is 3. The molecule has 1 aromatic carbocycles. The minimum absolute atomic E-state index is 0.144. The maximum absolute atomic E-state index is 13.2. The number of nitrogen functional groups attached to an aromatic ring is 1. The summed E-state index contributed by atoms with van der Waals surface area (Å²) in [7, 11) is -9.24. The minimum atomic E-state index is -5.57. The van der Waals surface area contributed by atoms with Crippen molar-refractivity contribution in [2.24, 2.45) is 0 Å². The van der Waals surface area contributed by atoms with Crippen LogP contribution in [-0.2, 0) is 51.7 Å². The Kier molecular flexibility index (Phi) is 13.0. The standard InChI is InChI=1S/C28H39N4O18PS/c1-13-4-6-15(7-5-13)52(43,44)47-11-17(35)21(36)24-20(30-14(2)33)16(34)10-28(49-24,26(39)45-3)50-51(41,42)46-12-18-22(37)23(38)25(48-18)32-9-8-19(29)31-27(32)40/h4-9,16-18,20-25,34-38H,10-12H2,1-3H3,(H,30,33)(H,41,42)(H2,29,31,40)/t16-,17-,18?,20-,21-,22-,23-,24?,25?,28-/m1/s1. The molecule has 0 spiro atoms. The van der Waals surface area contributed by atoms with Crippen molar-refractivity contribution in [3.8, 4) is 0 Å². The number of hydrogen-bond acceptors (Lipinski definition) is 19. The van der Waals surface area contributed by atoms with E-state index in [0.29, 0.717) is 0 Å². The molecule has 24 heteroatoms. The molecule has 2 fully saturated rings. The number of carbonyl (C=O) groups excluding carboxylic acids is 2. The summed E-state index contributed by atoms with van der Waals surface area (Å²) in [6.07, 6.45) is -15.1. The molecule has 1 aromatic heterocycles. The van der Waals surface area contributed by atoms with Crippen molar-refractivity contribution in [3.63, 3.8) is 0 Å². The Labute approximate surface area is 295 Å². The highest BCUT2D eigenvalue weighted by Crippen LogP contribution is 2.51. The lowest BCUT2D eigenvalue weighted by atomic mass is 9.88. The molecule has 22 nitrogen and oxygen atoms in total. The number of benzene rings is 1. The van der Waals surface area contributed by atoms with Crippen molar-refractivity contribution in [2.75, 3.05) is 26.1 Å². The van der Waals surface area contributed by atoms with E-state index < -0.39 is 116 Å². The number of anilines is 1. The van der Waals surface area contributed by atoms with Gasteiger partial charge in [0.25, 0.3) is 15.9 Å². The number of aliphatic hydroxyl groups excluding tert-OH is 5. The first-order chi connectivity index (χ1) is 24.2. The number of aromatic nitrogens is 2. The molecule has 4 rings (SSSR count). The van der Waals surface area contributed by atoms with Crippen LogP contribution in [-0.4, -0.2) is 135 Å². The number of phosphoric ester groups is 1. The Hall–Kier alpha value is -3.42. The van der Waals surface area contributed by atoms with Crippen molar-refractivity contribution in [3.05, 3.63) is 52.6 Å². The van der Waals surface area contributed by atoms with Gasteiger partial charge in [-0.25, -0.2) is 18.7 Å². The first-order valence-electron chi connectivity index (χ1n) is 15.3. The number of aryl methyl sites for hydroxylation is 1. The number of nitrogens with one attached hydrogen (secondary N) is 1. The predicted octanol–water partition coefficient (Wildman–Crippen LogP) is -3.46. The third-order valence-electron chi connectivity index (χ3n) is 8.00. The summed E-state index contributed by atoms with van der Waals surface area (Å²) >= 11 is 0. The van der Waals surface area contributed by atoms with Crippen molar-refractivity contribution >= 4 is 35.6 Å². The molecule has 2 aromatic rings. The van der Waals surface area contributed by atoms with Crippen LogP contribution in [0.5, 0.6) is 0 Å². The van der Waals surface area contributed by atoms with Crippen molar-refractivity contribution < 1.29 is 80.4 Å². The molecule has 0 bridgehead atoms. The highest BCUT2D eigenvalue weighted by Gasteiger charge is 2.59. The minimum Gasteiger partial charge on any atom is -0.465 e. The summed E-state index contributed by atoms with van der Waals surface area (Å²) in [5.41, 5.74) is 5.24. The molecule has 2 aliphatic rings. The topological polar surface area (TPSA) is 335 Å². The lowest BCUT2D eigenvalue weighted by Gasteiger charge is -2.46. The number of phosphoric acid groups is 1. The quantitative estimate of drug-likeness (QED) is 0.0524. The summed E-state index contributed by atoms with van der Waals surface area (Å²) in [6, 6.07) is 4.99. The Balaban J connectivity index is 1.53. The molecule has 290 valence electrons. The Bertz CT molecular complexity index is 1810. The van der Waals surface area contributed by atoms with Gasteiger partial charge in [-0.3, -0.25) is 18.1 Å². The van der Waals surface area contributed by atoms with Gasteiger partial charge < -0.3 is 55.7 Å². The van der Waals surface area contributed by atoms with Gasteiger partial charge in [0.15, 0.2) is 6.23 Å². The molecule has 3 heterocycles. The molecule has 2 aliphatic heterocycles. The van der Waals surface area contributed by atoms with Crippen LogP contribution in [0.15, 0.2) is 46.2 Å². The number of esters is 1. The number of nitrogens with zero attached hydrogens (tertiary/aromatic N) is 2. The second-order valence-corrected chi connectivity index (χ2v) is 14.9. The normalized spacial score (nSPS) is 30.2. The summed E-state index contributed by atoms with van der Waals surface area (Å²) < 4.78 is 69.9. The van der Waals surface area contributed by atoms with E-state index in [1.54, 1.807) is 6.92 Å². The molecule has 0 saturated carbocycles. The van der Waals surface area contributed by atoms with Gasteiger partial charge >= 0.3 is 19.5 Å². The fourth-order valence-corrected chi connectivity index (χ4v) is 7.26. The van der Waals surface area contributed by atoms with E-state index in [0.717, 1.165) is 30.4 Å². The van der Waals surface area contributed by atoms with Crippen LogP contribution in [0.4, 0.5) is 5.82 Å². The second kappa shape index (κ2) is 16.3. The maximum atomic E-state index is 13.2. The number of amides is 1. The Morgan fingerprint density at radius 2 is 1.83 bits per heavy atom. The van der Waals surface area contributed by atoms with Crippen molar-refractivity contribution in [1.82, 2.24) is 14.9 Å². The molecule has 4 unspecified atom stereocenters. The Morgan fingerprint density at radius 1 is 1.17 bits per heavy atom. The zero-order valence-corrected chi connectivity index (χ0v) is 29.4. The van der Waals surface area contributed by atoms with Crippen LogP contribution >= 0.6 is 7.82 Å². The van der Waals surface area contributed by atoms with Gasteiger partial charge in [-0.05, 0) is 25.1 Å². The van der Waals surface area contributed by atoms with Gasteiger partial charge in [-0.2, -0.15) is 13.4 Å². The van der Waals surface area contributed by atoms with Crippen LogP contribution in [0.1, 0.15) is 25.1 Å². The van der Waals surface area contributed by atoms with Gasteiger partial charge in [-0.1, -0.05) is 17.7 Å². The summed E-state index contributed by atoms with van der Waals surface area (Å²) in [4.78, 5) is 51.2. The molecule has 2 saturated heterocycles. The number of aliphatic hydroxyl groups is 5. The van der Waals surface area contributed by atoms with E-state index in [4.69, 9.17) is 28.4 Å². The molecule has 9 N–H and O–H groups in total. The molecule has 0 radical (unpaired) electrons. The Morgan fingerprint density at radius 3 is 2.42 bits per heavy atom. The molecular formula is C28H39N4O18PS. The van der Waals surface area contributed by atoms with E-state index in [-0.39, 0.29) is 10.7 Å². The summed E-state index contributed by atoms with van der Waals surface area (Å²) in [5, 5.41) is 56.1. The second-order valence-electron chi connectivity index (χ2n) is 11.9. The van der Waals surface area contributed by atoms with E-state index in [1.165, 1.54) is 30.3 Å². The van der Waals surface area contributed by atoms with Gasteiger partial charge in [0.05, 0.1) is 37.4 Å². The van der Waals surface area contributed by atoms with Crippen LogP contribution in [0.3, 0.4) is 0 Å². The molecule has 1 amide bonds. The predicted molar refractivity (Wildman–Crippen MR) is 170 cm³/mol. The van der Waals surface area contributed by atoms with Crippen LogP contribution < -0.4 is 16.7 Å². The lowest BCUT2D eigenvalue weighted by molar-refractivity contribution is -0.290. The summed E-state index contributed by atoms with van der Waals surface area (Å²) in [6.45, 7) is 0.593. The highest BCUT2D eigenvalue weighted by atomic mass is 32.2. The molecule has 0 aliphatic carbocycles. The average molecular weight is 783 g/mol. The van der Waals surface area contributed by atoms with Crippen molar-refractivity contribution in [2.45, 2.75) is 85.9 Å². The number of carbonyl (C=O) groups is 2. The van der Waals surface area contributed by atoms with Crippen molar-refractivity contribution in [1.29, 1.82) is 0 Å².